The molecule has 48 heavy (non-hydrogen) atoms. The van der Waals surface area contributed by atoms with E-state index in [1.807, 2.05) is 60.7 Å². The summed E-state index contributed by atoms with van der Waals surface area (Å²) in [6.45, 7) is 7.23. The van der Waals surface area contributed by atoms with Gasteiger partial charge in [-0.15, -0.1) is 0 Å². The molecule has 9 rings (SSSR count). The van der Waals surface area contributed by atoms with Crippen molar-refractivity contribution < 1.29 is 0 Å². The lowest BCUT2D eigenvalue weighted by atomic mass is 10.0. The SMILES string of the molecule is C[Si](C)(C)n1c2ccccc2c2cc(-c3ccc4c(c3)c3ccccc3n4-c3nc(-c4ccccc4)nc(-c4ccccc4)n3)ccc21. The summed E-state index contributed by atoms with van der Waals surface area (Å²) in [5, 5.41) is 4.94. The van der Waals surface area contributed by atoms with Gasteiger partial charge in [-0.3, -0.25) is 4.57 Å². The third-order valence-electron chi connectivity index (χ3n) is 9.24. The molecule has 6 aromatic carbocycles. The van der Waals surface area contributed by atoms with Gasteiger partial charge in [0.15, 0.2) is 19.9 Å². The first-order chi connectivity index (χ1) is 23.4. The molecule has 0 aliphatic heterocycles. The molecule has 3 aromatic heterocycles. The summed E-state index contributed by atoms with van der Waals surface area (Å²) in [6.07, 6.45) is 0. The number of hydrogen-bond acceptors (Lipinski definition) is 3. The highest BCUT2D eigenvalue weighted by Crippen LogP contribution is 2.38. The van der Waals surface area contributed by atoms with Crippen LogP contribution in [0.15, 0.2) is 146 Å². The van der Waals surface area contributed by atoms with E-state index in [1.54, 1.807) is 0 Å². The Morgan fingerprint density at radius 2 is 0.833 bits per heavy atom. The van der Waals surface area contributed by atoms with Gasteiger partial charge >= 0.3 is 0 Å². The molecule has 0 N–H and O–H groups in total. The summed E-state index contributed by atoms with van der Waals surface area (Å²) < 4.78 is 4.78. The standard InChI is InChI=1S/C42H33N5Si/c1-48(2,3)47-38-21-13-11-19-33(38)35-27-31(23-25-39(35)47)30-22-24-37-34(26-30)32-18-10-12-20-36(32)46(37)42-44-40(28-14-6-4-7-15-28)43-41(45-42)29-16-8-5-9-17-29/h4-27H,1-3H3. The zero-order valence-electron chi connectivity index (χ0n) is 27.1. The van der Waals surface area contributed by atoms with Crippen molar-refractivity contribution in [3.63, 3.8) is 0 Å². The van der Waals surface area contributed by atoms with Crippen LogP contribution < -0.4 is 0 Å². The summed E-state index contributed by atoms with van der Waals surface area (Å²) in [6, 6.07) is 51.4. The lowest BCUT2D eigenvalue weighted by molar-refractivity contribution is 0.953. The number of hydrogen-bond donors (Lipinski definition) is 0. The van der Waals surface area contributed by atoms with Crippen molar-refractivity contribution in [2.75, 3.05) is 0 Å². The fraction of sp³-hybridized carbons (Fsp3) is 0.0714. The number of fused-ring (bicyclic) bond motifs is 6. The van der Waals surface area contributed by atoms with Crippen molar-refractivity contribution >= 4 is 51.8 Å². The van der Waals surface area contributed by atoms with Crippen molar-refractivity contribution in [3.05, 3.63) is 146 Å². The van der Waals surface area contributed by atoms with Crippen LogP contribution in [0.25, 0.3) is 83.5 Å². The summed E-state index contributed by atoms with van der Waals surface area (Å²) in [5.41, 5.74) is 9.04. The van der Waals surface area contributed by atoms with Crippen LogP contribution in [0.5, 0.6) is 0 Å². The van der Waals surface area contributed by atoms with Gasteiger partial charge in [0.25, 0.3) is 0 Å². The van der Waals surface area contributed by atoms with Crippen LogP contribution in [0.3, 0.4) is 0 Å². The largest absolute Gasteiger partial charge is 0.368 e. The van der Waals surface area contributed by atoms with E-state index in [0.717, 1.165) is 32.9 Å². The summed E-state index contributed by atoms with van der Waals surface area (Å²) >= 11 is 0. The van der Waals surface area contributed by atoms with Gasteiger partial charge in [-0.2, -0.15) is 9.97 Å². The van der Waals surface area contributed by atoms with E-state index >= 15 is 0 Å². The van der Waals surface area contributed by atoms with Crippen LogP contribution in [0, 0.1) is 0 Å². The lowest BCUT2D eigenvalue weighted by Crippen LogP contribution is -2.31. The Bertz CT molecular complexity index is 2590. The second-order valence-corrected chi connectivity index (χ2v) is 18.1. The molecule has 9 aromatic rings. The average Bonchev–Trinajstić information content (AvgIpc) is 3.65. The molecule has 0 aliphatic rings. The van der Waals surface area contributed by atoms with E-state index in [4.69, 9.17) is 15.0 Å². The van der Waals surface area contributed by atoms with Gasteiger partial charge in [-0.05, 0) is 47.5 Å². The maximum Gasteiger partial charge on any atom is 0.238 e. The summed E-state index contributed by atoms with van der Waals surface area (Å²) in [7, 11) is -1.66. The first-order valence-corrected chi connectivity index (χ1v) is 19.8. The molecular formula is C42H33N5Si. The van der Waals surface area contributed by atoms with Crippen molar-refractivity contribution in [1.29, 1.82) is 0 Å². The maximum absolute atomic E-state index is 5.08. The molecule has 0 spiro atoms. The monoisotopic (exact) mass is 635 g/mol. The van der Waals surface area contributed by atoms with Gasteiger partial charge < -0.3 is 4.23 Å². The van der Waals surface area contributed by atoms with Gasteiger partial charge in [-0.25, -0.2) is 4.98 Å². The number of aromatic nitrogens is 5. The molecule has 3 heterocycles. The van der Waals surface area contributed by atoms with Crippen LogP contribution >= 0.6 is 0 Å². The lowest BCUT2D eigenvalue weighted by Gasteiger charge is -2.21. The first kappa shape index (κ1) is 28.4. The molecule has 0 fully saturated rings. The number of nitrogens with zero attached hydrogens (tertiary/aromatic N) is 5. The predicted octanol–water partition coefficient (Wildman–Crippen LogP) is 10.8. The summed E-state index contributed by atoms with van der Waals surface area (Å²) in [4.78, 5) is 15.1. The fourth-order valence-corrected chi connectivity index (χ4v) is 8.98. The fourth-order valence-electron chi connectivity index (χ4n) is 7.14. The minimum atomic E-state index is -1.66. The van der Waals surface area contributed by atoms with E-state index in [1.165, 1.54) is 32.9 Å². The van der Waals surface area contributed by atoms with Crippen molar-refractivity contribution in [2.24, 2.45) is 0 Å². The maximum atomic E-state index is 5.08. The smallest absolute Gasteiger partial charge is 0.238 e. The van der Waals surface area contributed by atoms with Gasteiger partial charge in [0.2, 0.25) is 5.95 Å². The van der Waals surface area contributed by atoms with E-state index < -0.39 is 8.24 Å². The number of rotatable bonds is 5. The van der Waals surface area contributed by atoms with Crippen LogP contribution in [0.1, 0.15) is 0 Å². The van der Waals surface area contributed by atoms with Gasteiger partial charge in [0.05, 0.1) is 11.0 Å². The highest BCUT2D eigenvalue weighted by molar-refractivity contribution is 6.76. The summed E-state index contributed by atoms with van der Waals surface area (Å²) in [5.74, 6) is 1.89. The first-order valence-electron chi connectivity index (χ1n) is 16.4. The molecule has 0 amide bonds. The topological polar surface area (TPSA) is 48.5 Å². The molecule has 6 heteroatoms. The third-order valence-corrected chi connectivity index (χ3v) is 11.1. The number of benzene rings is 6. The molecule has 0 radical (unpaired) electrons. The van der Waals surface area contributed by atoms with E-state index in [9.17, 15) is 0 Å². The van der Waals surface area contributed by atoms with Crippen molar-refractivity contribution in [1.82, 2.24) is 23.8 Å². The highest BCUT2D eigenvalue weighted by atomic mass is 28.3. The zero-order valence-corrected chi connectivity index (χ0v) is 28.1. The van der Waals surface area contributed by atoms with Crippen LogP contribution in [0.2, 0.25) is 19.6 Å². The van der Waals surface area contributed by atoms with Crippen LogP contribution in [-0.2, 0) is 0 Å². The molecule has 0 aliphatic carbocycles. The second-order valence-electron chi connectivity index (χ2n) is 13.4. The Morgan fingerprint density at radius 1 is 0.396 bits per heavy atom. The minimum Gasteiger partial charge on any atom is -0.368 e. The Hall–Kier alpha value is -5.85. The Balaban J connectivity index is 1.26. The van der Waals surface area contributed by atoms with Crippen LogP contribution in [0.4, 0.5) is 0 Å². The average molecular weight is 636 g/mol. The molecule has 0 atom stereocenters. The zero-order chi connectivity index (χ0) is 32.4. The normalized spacial score (nSPS) is 12.1. The quantitative estimate of drug-likeness (QED) is 0.177. The van der Waals surface area contributed by atoms with E-state index in [2.05, 4.69) is 113 Å². The molecule has 230 valence electrons. The van der Waals surface area contributed by atoms with Gasteiger partial charge in [0.1, 0.15) is 0 Å². The van der Waals surface area contributed by atoms with E-state index in [-0.39, 0.29) is 0 Å². The Labute approximate surface area is 279 Å². The van der Waals surface area contributed by atoms with E-state index in [0.29, 0.717) is 17.6 Å². The molecule has 0 saturated heterocycles. The van der Waals surface area contributed by atoms with Crippen molar-refractivity contribution in [2.45, 2.75) is 19.6 Å². The van der Waals surface area contributed by atoms with Crippen LogP contribution in [-0.4, -0.2) is 32.0 Å². The minimum absolute atomic E-state index is 0.599. The molecule has 0 bridgehead atoms. The highest BCUT2D eigenvalue weighted by Gasteiger charge is 2.23. The van der Waals surface area contributed by atoms with Gasteiger partial charge in [0, 0.05) is 43.7 Å². The van der Waals surface area contributed by atoms with Crippen molar-refractivity contribution in [3.8, 4) is 39.9 Å². The van der Waals surface area contributed by atoms with Gasteiger partial charge in [-0.1, -0.05) is 129 Å². The third kappa shape index (κ3) is 4.56. The second kappa shape index (κ2) is 10.9. The molecule has 5 nitrogen and oxygen atoms in total. The Morgan fingerprint density at radius 3 is 1.42 bits per heavy atom. The molecule has 0 unspecified atom stereocenters. The number of para-hydroxylation sites is 2. The molecule has 0 saturated carbocycles. The molecular weight excluding hydrogens is 603 g/mol. The Kier molecular flexibility index (Phi) is 6.42. The predicted molar refractivity (Wildman–Crippen MR) is 202 cm³/mol.